The molecule has 0 fully saturated rings. The highest BCUT2D eigenvalue weighted by Gasteiger charge is 2.25. The molecule has 1 aromatic carbocycles. The number of hydrogen-bond acceptors (Lipinski definition) is 4. The molecule has 0 saturated heterocycles. The molecule has 86 valence electrons. The Morgan fingerprint density at radius 2 is 1.69 bits per heavy atom. The van der Waals surface area contributed by atoms with Gasteiger partial charge in [0.25, 0.3) is 0 Å². The number of aromatic carboxylic acids is 2. The van der Waals surface area contributed by atoms with Crippen LogP contribution in [0.25, 0.3) is 0 Å². The van der Waals surface area contributed by atoms with Crippen molar-refractivity contribution in [2.45, 2.75) is 6.92 Å². The lowest BCUT2D eigenvalue weighted by atomic mass is 10.0. The second-order valence-corrected chi connectivity index (χ2v) is 3.10. The summed E-state index contributed by atoms with van der Waals surface area (Å²) >= 11 is 0. The number of carbonyl (C=O) groups is 2. The van der Waals surface area contributed by atoms with Gasteiger partial charge in [-0.3, -0.25) is 0 Å². The van der Waals surface area contributed by atoms with E-state index in [0.717, 1.165) is 0 Å². The van der Waals surface area contributed by atoms with E-state index in [-0.39, 0.29) is 11.3 Å². The zero-order chi connectivity index (χ0) is 12.5. The number of hydrogen-bond donors (Lipinski definition) is 3. The Hall–Kier alpha value is -2.24. The molecule has 1 aromatic rings. The second-order valence-electron chi connectivity index (χ2n) is 3.10. The zero-order valence-corrected chi connectivity index (χ0v) is 8.64. The van der Waals surface area contributed by atoms with Crippen LogP contribution in [0.4, 0.5) is 0 Å². The van der Waals surface area contributed by atoms with Gasteiger partial charge in [-0.05, 0) is 18.6 Å². The van der Waals surface area contributed by atoms with Crippen molar-refractivity contribution in [3.63, 3.8) is 0 Å². The minimum Gasteiger partial charge on any atom is -0.506 e. The molecule has 16 heavy (non-hydrogen) atoms. The minimum atomic E-state index is -1.45. The molecule has 0 aromatic heterocycles. The van der Waals surface area contributed by atoms with Gasteiger partial charge in [-0.15, -0.1) is 0 Å². The summed E-state index contributed by atoms with van der Waals surface area (Å²) in [5, 5.41) is 27.2. The maximum atomic E-state index is 10.9. The van der Waals surface area contributed by atoms with E-state index in [4.69, 9.17) is 14.9 Å². The van der Waals surface area contributed by atoms with E-state index in [2.05, 4.69) is 0 Å². The van der Waals surface area contributed by atoms with Gasteiger partial charge in [0, 0.05) is 0 Å². The van der Waals surface area contributed by atoms with E-state index in [0.29, 0.717) is 0 Å². The van der Waals surface area contributed by atoms with Crippen molar-refractivity contribution >= 4 is 11.9 Å². The Morgan fingerprint density at radius 3 is 2.06 bits per heavy atom. The summed E-state index contributed by atoms with van der Waals surface area (Å²) in [5.74, 6) is -3.71. The smallest absolute Gasteiger partial charge is 0.343 e. The average molecular weight is 226 g/mol. The topological polar surface area (TPSA) is 104 Å². The SMILES string of the molecule is COc1cc(C)c(C(=O)O)c(O)c1C(=O)O. The monoisotopic (exact) mass is 226 g/mol. The molecule has 0 aliphatic heterocycles. The predicted molar refractivity (Wildman–Crippen MR) is 53.3 cm³/mol. The number of phenols is 1. The van der Waals surface area contributed by atoms with Crippen molar-refractivity contribution in [2.75, 3.05) is 7.11 Å². The van der Waals surface area contributed by atoms with Crippen molar-refractivity contribution in [3.05, 3.63) is 22.8 Å². The van der Waals surface area contributed by atoms with Crippen molar-refractivity contribution in [3.8, 4) is 11.5 Å². The van der Waals surface area contributed by atoms with Crippen LogP contribution >= 0.6 is 0 Å². The van der Waals surface area contributed by atoms with Crippen LogP contribution in [-0.2, 0) is 0 Å². The molecule has 0 heterocycles. The van der Waals surface area contributed by atoms with Crippen LogP contribution in [0.1, 0.15) is 26.3 Å². The standard InChI is InChI=1S/C10H10O6/c1-4-3-5(16-2)7(10(14)15)8(11)6(4)9(12)13/h3,11H,1-2H3,(H,12,13)(H,14,15). The van der Waals surface area contributed by atoms with Crippen LogP contribution in [0.2, 0.25) is 0 Å². The Morgan fingerprint density at radius 1 is 1.19 bits per heavy atom. The Labute approximate surface area is 90.7 Å². The molecule has 1 rings (SSSR count). The van der Waals surface area contributed by atoms with Crippen molar-refractivity contribution < 1.29 is 29.6 Å². The molecule has 6 nitrogen and oxygen atoms in total. The quantitative estimate of drug-likeness (QED) is 0.713. The molecule has 0 unspecified atom stereocenters. The fourth-order valence-electron chi connectivity index (χ4n) is 1.41. The molecule has 0 aliphatic rings. The predicted octanol–water partition coefficient (Wildman–Crippen LogP) is 1.11. The summed E-state index contributed by atoms with van der Waals surface area (Å²) in [7, 11) is 1.24. The van der Waals surface area contributed by atoms with Crippen LogP contribution in [0, 0.1) is 6.92 Å². The van der Waals surface area contributed by atoms with Gasteiger partial charge in [-0.2, -0.15) is 0 Å². The van der Waals surface area contributed by atoms with Gasteiger partial charge in [0.2, 0.25) is 0 Å². The van der Waals surface area contributed by atoms with Crippen molar-refractivity contribution in [1.29, 1.82) is 0 Å². The highest BCUT2D eigenvalue weighted by molar-refractivity contribution is 6.01. The number of ether oxygens (including phenoxy) is 1. The highest BCUT2D eigenvalue weighted by Crippen LogP contribution is 2.33. The number of methoxy groups -OCH3 is 1. The molecular weight excluding hydrogens is 216 g/mol. The van der Waals surface area contributed by atoms with Gasteiger partial charge < -0.3 is 20.1 Å². The zero-order valence-electron chi connectivity index (χ0n) is 8.64. The van der Waals surface area contributed by atoms with Gasteiger partial charge in [0.05, 0.1) is 7.11 Å². The Balaban J connectivity index is 3.65. The average Bonchev–Trinajstić information content (AvgIpc) is 2.14. The van der Waals surface area contributed by atoms with E-state index in [1.165, 1.54) is 20.1 Å². The summed E-state index contributed by atoms with van der Waals surface area (Å²) < 4.78 is 4.77. The summed E-state index contributed by atoms with van der Waals surface area (Å²) in [6.45, 7) is 1.44. The second kappa shape index (κ2) is 4.09. The van der Waals surface area contributed by atoms with E-state index in [9.17, 15) is 14.7 Å². The largest absolute Gasteiger partial charge is 0.506 e. The molecule has 0 saturated carbocycles. The van der Waals surface area contributed by atoms with Crippen molar-refractivity contribution in [1.82, 2.24) is 0 Å². The number of carboxylic acid groups (broad SMARTS) is 2. The first-order valence-corrected chi connectivity index (χ1v) is 4.27. The van der Waals surface area contributed by atoms with Gasteiger partial charge in [-0.1, -0.05) is 0 Å². The first-order valence-electron chi connectivity index (χ1n) is 4.27. The Kier molecular flexibility index (Phi) is 3.03. The third kappa shape index (κ3) is 1.77. The maximum absolute atomic E-state index is 10.9. The third-order valence-electron chi connectivity index (χ3n) is 2.11. The molecule has 0 spiro atoms. The number of carboxylic acids is 2. The van der Waals surface area contributed by atoms with E-state index >= 15 is 0 Å². The Bertz CT molecular complexity index is 463. The van der Waals surface area contributed by atoms with Crippen molar-refractivity contribution in [2.24, 2.45) is 0 Å². The maximum Gasteiger partial charge on any atom is 0.343 e. The molecule has 3 N–H and O–H groups in total. The molecule has 0 atom stereocenters. The van der Waals surface area contributed by atoms with E-state index in [1.807, 2.05) is 0 Å². The molecule has 0 bridgehead atoms. The first kappa shape index (κ1) is 11.8. The first-order chi connectivity index (χ1) is 7.40. The third-order valence-corrected chi connectivity index (χ3v) is 2.11. The van der Waals surface area contributed by atoms with Crippen LogP contribution in [-0.4, -0.2) is 34.4 Å². The lowest BCUT2D eigenvalue weighted by molar-refractivity contribution is 0.0688. The normalized spacial score (nSPS) is 9.88. The minimum absolute atomic E-state index is 0.0764. The fraction of sp³-hybridized carbons (Fsp3) is 0.200. The van der Waals surface area contributed by atoms with Gasteiger partial charge >= 0.3 is 11.9 Å². The molecule has 0 aliphatic carbocycles. The summed E-state index contributed by atoms with van der Waals surface area (Å²) in [6.07, 6.45) is 0. The van der Waals surface area contributed by atoms with E-state index < -0.39 is 28.8 Å². The van der Waals surface area contributed by atoms with Crippen LogP contribution in [0.3, 0.4) is 0 Å². The summed E-state index contributed by atoms with van der Waals surface area (Å²) in [5.41, 5.74) is -0.754. The summed E-state index contributed by atoms with van der Waals surface area (Å²) in [4.78, 5) is 21.7. The number of aryl methyl sites for hydroxylation is 1. The number of aromatic hydroxyl groups is 1. The highest BCUT2D eigenvalue weighted by atomic mass is 16.5. The molecule has 6 heteroatoms. The van der Waals surface area contributed by atoms with E-state index in [1.54, 1.807) is 0 Å². The lowest BCUT2D eigenvalue weighted by Crippen LogP contribution is -2.08. The van der Waals surface area contributed by atoms with Crippen LogP contribution in [0.5, 0.6) is 11.5 Å². The molecule has 0 radical (unpaired) electrons. The van der Waals surface area contributed by atoms with Gasteiger partial charge in [0.15, 0.2) is 0 Å². The molecule has 0 amide bonds. The van der Waals surface area contributed by atoms with Gasteiger partial charge in [0.1, 0.15) is 22.6 Å². The summed E-state index contributed by atoms with van der Waals surface area (Å²) in [6, 6.07) is 1.26. The van der Waals surface area contributed by atoms with Crippen LogP contribution < -0.4 is 4.74 Å². The van der Waals surface area contributed by atoms with Crippen LogP contribution in [0.15, 0.2) is 6.07 Å². The lowest BCUT2D eigenvalue weighted by Gasteiger charge is -2.11. The number of rotatable bonds is 3. The molecular formula is C10H10O6. The van der Waals surface area contributed by atoms with Gasteiger partial charge in [-0.25, -0.2) is 9.59 Å². The fourth-order valence-corrected chi connectivity index (χ4v) is 1.41. The number of benzene rings is 1.